The van der Waals surface area contributed by atoms with Gasteiger partial charge < -0.3 is 11.1 Å². The van der Waals surface area contributed by atoms with Crippen molar-refractivity contribution in [3.63, 3.8) is 0 Å². The van der Waals surface area contributed by atoms with Gasteiger partial charge in [-0.05, 0) is 43.2 Å². The number of nitrogens with two attached hydrogens (primary N) is 1. The lowest BCUT2D eigenvalue weighted by Gasteiger charge is -2.03. The lowest BCUT2D eigenvalue weighted by molar-refractivity contribution is 0.870. The van der Waals surface area contributed by atoms with E-state index in [0.29, 0.717) is 12.0 Å². The van der Waals surface area contributed by atoms with Gasteiger partial charge in [0, 0.05) is 17.5 Å². The number of nitrogens with one attached hydrogen (secondary N) is 1. The van der Waals surface area contributed by atoms with E-state index >= 15 is 0 Å². The van der Waals surface area contributed by atoms with E-state index in [1.54, 1.807) is 11.8 Å². The molecular formula is C13H19N3S. The fourth-order valence-corrected chi connectivity index (χ4v) is 1.99. The number of rotatable bonds is 5. The molecule has 0 saturated heterocycles. The van der Waals surface area contributed by atoms with Crippen molar-refractivity contribution >= 4 is 17.7 Å². The average Bonchev–Trinajstić information content (AvgIpc) is 3.14. The highest BCUT2D eigenvalue weighted by molar-refractivity contribution is 7.98. The molecule has 0 unspecified atom stereocenters. The Kier molecular flexibility index (Phi) is 4.31. The van der Waals surface area contributed by atoms with Gasteiger partial charge in [-0.1, -0.05) is 12.1 Å². The molecule has 0 amide bonds. The Morgan fingerprint density at radius 2 is 2.12 bits per heavy atom. The summed E-state index contributed by atoms with van der Waals surface area (Å²) in [5.41, 5.74) is 7.07. The van der Waals surface area contributed by atoms with Crippen molar-refractivity contribution in [1.29, 1.82) is 0 Å². The SMILES string of the molecule is CSc1ccc(CCN=C(N)NC2CC2)cc1. The summed E-state index contributed by atoms with van der Waals surface area (Å²) in [5, 5.41) is 3.18. The molecule has 0 aliphatic heterocycles. The molecule has 4 heteroatoms. The molecule has 1 aliphatic carbocycles. The van der Waals surface area contributed by atoms with E-state index in [1.165, 1.54) is 23.3 Å². The summed E-state index contributed by atoms with van der Waals surface area (Å²) in [5.74, 6) is 0.591. The van der Waals surface area contributed by atoms with Gasteiger partial charge in [0.05, 0.1) is 0 Å². The van der Waals surface area contributed by atoms with Crippen LogP contribution in [0.5, 0.6) is 0 Å². The van der Waals surface area contributed by atoms with Gasteiger partial charge in [-0.3, -0.25) is 4.99 Å². The van der Waals surface area contributed by atoms with Gasteiger partial charge >= 0.3 is 0 Å². The van der Waals surface area contributed by atoms with Crippen molar-refractivity contribution in [2.24, 2.45) is 10.7 Å². The molecule has 0 heterocycles. The maximum Gasteiger partial charge on any atom is 0.188 e. The topological polar surface area (TPSA) is 50.4 Å². The summed E-state index contributed by atoms with van der Waals surface area (Å²) in [6, 6.07) is 9.20. The first-order valence-corrected chi connectivity index (χ1v) is 7.20. The molecule has 0 radical (unpaired) electrons. The van der Waals surface area contributed by atoms with E-state index in [-0.39, 0.29) is 0 Å². The molecule has 0 bridgehead atoms. The Bertz CT molecular complexity index is 382. The summed E-state index contributed by atoms with van der Waals surface area (Å²) < 4.78 is 0. The Balaban J connectivity index is 1.76. The minimum absolute atomic E-state index is 0.583. The van der Waals surface area contributed by atoms with E-state index in [2.05, 4.69) is 40.8 Å². The molecule has 3 nitrogen and oxygen atoms in total. The van der Waals surface area contributed by atoms with Gasteiger partial charge in [0.1, 0.15) is 0 Å². The summed E-state index contributed by atoms with van der Waals surface area (Å²) in [6.45, 7) is 0.754. The number of guanidine groups is 1. The molecule has 17 heavy (non-hydrogen) atoms. The van der Waals surface area contributed by atoms with Crippen molar-refractivity contribution in [3.8, 4) is 0 Å². The first-order chi connectivity index (χ1) is 8.28. The average molecular weight is 249 g/mol. The smallest absolute Gasteiger partial charge is 0.188 e. The molecule has 0 aromatic heterocycles. The molecule has 0 atom stereocenters. The van der Waals surface area contributed by atoms with Gasteiger partial charge in [0.25, 0.3) is 0 Å². The van der Waals surface area contributed by atoms with E-state index in [4.69, 9.17) is 5.73 Å². The van der Waals surface area contributed by atoms with Crippen molar-refractivity contribution in [2.75, 3.05) is 12.8 Å². The standard InChI is InChI=1S/C13H19N3S/c1-17-12-6-2-10(3-7-12)8-9-15-13(14)16-11-4-5-11/h2-3,6-7,11H,4-5,8-9H2,1H3,(H3,14,15,16). The second-order valence-corrected chi connectivity index (χ2v) is 5.16. The molecule has 1 aliphatic rings. The quantitative estimate of drug-likeness (QED) is 0.477. The highest BCUT2D eigenvalue weighted by Gasteiger charge is 2.21. The van der Waals surface area contributed by atoms with Crippen LogP contribution in [0.2, 0.25) is 0 Å². The summed E-state index contributed by atoms with van der Waals surface area (Å²) >= 11 is 1.76. The van der Waals surface area contributed by atoms with Crippen LogP contribution in [0.3, 0.4) is 0 Å². The third-order valence-corrected chi connectivity index (χ3v) is 3.51. The van der Waals surface area contributed by atoms with Gasteiger partial charge in [0.15, 0.2) is 5.96 Å². The van der Waals surface area contributed by atoms with Crippen LogP contribution in [0, 0.1) is 0 Å². The second-order valence-electron chi connectivity index (χ2n) is 4.28. The number of hydrogen-bond donors (Lipinski definition) is 2. The highest BCUT2D eigenvalue weighted by Crippen LogP contribution is 2.18. The first kappa shape index (κ1) is 12.3. The third-order valence-electron chi connectivity index (χ3n) is 2.77. The minimum atomic E-state index is 0.583. The zero-order chi connectivity index (χ0) is 12.1. The van der Waals surface area contributed by atoms with Gasteiger partial charge in [-0.25, -0.2) is 0 Å². The molecule has 1 aromatic carbocycles. The van der Waals surface area contributed by atoms with Crippen LogP contribution in [0.4, 0.5) is 0 Å². The van der Waals surface area contributed by atoms with Crippen molar-refractivity contribution in [1.82, 2.24) is 5.32 Å². The van der Waals surface area contributed by atoms with E-state index < -0.39 is 0 Å². The molecule has 0 spiro atoms. The summed E-state index contributed by atoms with van der Waals surface area (Å²) in [6.07, 6.45) is 5.49. The minimum Gasteiger partial charge on any atom is -0.370 e. The van der Waals surface area contributed by atoms with Crippen LogP contribution in [0.25, 0.3) is 0 Å². The fourth-order valence-electron chi connectivity index (χ4n) is 1.58. The Labute approximate surface area is 107 Å². The lowest BCUT2D eigenvalue weighted by atomic mass is 10.1. The maximum atomic E-state index is 5.76. The fraction of sp³-hybridized carbons (Fsp3) is 0.462. The Morgan fingerprint density at radius 1 is 1.41 bits per heavy atom. The van der Waals surface area contributed by atoms with Crippen LogP contribution >= 0.6 is 11.8 Å². The molecule has 1 aromatic rings. The van der Waals surface area contributed by atoms with Crippen LogP contribution in [-0.4, -0.2) is 24.8 Å². The number of nitrogens with zero attached hydrogens (tertiary/aromatic N) is 1. The normalized spacial score (nSPS) is 15.9. The zero-order valence-corrected chi connectivity index (χ0v) is 11.0. The first-order valence-electron chi connectivity index (χ1n) is 5.97. The van der Waals surface area contributed by atoms with Crippen molar-refractivity contribution < 1.29 is 0 Å². The largest absolute Gasteiger partial charge is 0.370 e. The Morgan fingerprint density at radius 3 is 2.71 bits per heavy atom. The Hall–Kier alpha value is -1.16. The molecule has 92 valence electrons. The lowest BCUT2D eigenvalue weighted by Crippen LogP contribution is -2.33. The summed E-state index contributed by atoms with van der Waals surface area (Å²) in [4.78, 5) is 5.62. The predicted molar refractivity (Wildman–Crippen MR) is 74.6 cm³/mol. The summed E-state index contributed by atoms with van der Waals surface area (Å²) in [7, 11) is 0. The monoisotopic (exact) mass is 249 g/mol. The molecule has 2 rings (SSSR count). The maximum absolute atomic E-state index is 5.76. The highest BCUT2D eigenvalue weighted by atomic mass is 32.2. The third kappa shape index (κ3) is 4.30. The second kappa shape index (κ2) is 5.96. The van der Waals surface area contributed by atoms with Crippen LogP contribution in [-0.2, 0) is 6.42 Å². The van der Waals surface area contributed by atoms with Gasteiger partial charge in [-0.15, -0.1) is 11.8 Å². The van der Waals surface area contributed by atoms with Gasteiger partial charge in [-0.2, -0.15) is 0 Å². The zero-order valence-electron chi connectivity index (χ0n) is 10.1. The van der Waals surface area contributed by atoms with Crippen LogP contribution in [0.15, 0.2) is 34.2 Å². The molecule has 1 fully saturated rings. The van der Waals surface area contributed by atoms with Gasteiger partial charge in [0.2, 0.25) is 0 Å². The molecule has 1 saturated carbocycles. The molecular weight excluding hydrogens is 230 g/mol. The predicted octanol–water partition coefficient (Wildman–Crippen LogP) is 2.02. The van der Waals surface area contributed by atoms with E-state index in [1.807, 2.05) is 0 Å². The van der Waals surface area contributed by atoms with E-state index in [0.717, 1.165) is 13.0 Å². The van der Waals surface area contributed by atoms with Crippen molar-refractivity contribution in [3.05, 3.63) is 29.8 Å². The number of hydrogen-bond acceptors (Lipinski definition) is 2. The molecule has 3 N–H and O–H groups in total. The van der Waals surface area contributed by atoms with E-state index in [9.17, 15) is 0 Å². The number of thioether (sulfide) groups is 1. The number of benzene rings is 1. The number of aliphatic imine (C=N–C) groups is 1. The van der Waals surface area contributed by atoms with Crippen molar-refractivity contribution in [2.45, 2.75) is 30.2 Å². The van der Waals surface area contributed by atoms with Crippen LogP contribution < -0.4 is 11.1 Å². The van der Waals surface area contributed by atoms with Crippen LogP contribution in [0.1, 0.15) is 18.4 Å².